The van der Waals surface area contributed by atoms with Crippen molar-refractivity contribution in [2.24, 2.45) is 5.41 Å². The van der Waals surface area contributed by atoms with Crippen molar-refractivity contribution in [3.8, 4) is 5.75 Å². The lowest BCUT2D eigenvalue weighted by Gasteiger charge is -2.23. The molecule has 0 bridgehead atoms. The molecule has 2 N–H and O–H groups in total. The largest absolute Gasteiger partial charge is 0.496 e. The maximum atomic E-state index is 12.7. The SMILES string of the molecule is COc1ccccc1CCNC(=O)C(C)(C)C(=O)Nc1ccc(C(C)(C)C)cc1. The number of amides is 2. The number of carbonyl (C=O) groups is 2. The van der Waals surface area contributed by atoms with E-state index in [1.165, 1.54) is 5.56 Å². The summed E-state index contributed by atoms with van der Waals surface area (Å²) in [7, 11) is 1.62. The van der Waals surface area contributed by atoms with Gasteiger partial charge in [0.05, 0.1) is 7.11 Å². The lowest BCUT2D eigenvalue weighted by Crippen LogP contribution is -2.45. The van der Waals surface area contributed by atoms with Crippen molar-refractivity contribution in [1.29, 1.82) is 0 Å². The number of ether oxygens (including phenoxy) is 1. The summed E-state index contributed by atoms with van der Waals surface area (Å²) in [5.41, 5.74) is 1.73. The molecule has 2 amide bonds. The Balaban J connectivity index is 1.94. The van der Waals surface area contributed by atoms with Gasteiger partial charge >= 0.3 is 0 Å². The molecule has 0 aliphatic heterocycles. The highest BCUT2D eigenvalue weighted by molar-refractivity contribution is 6.09. The first-order chi connectivity index (χ1) is 13.6. The highest BCUT2D eigenvalue weighted by Crippen LogP contribution is 2.25. The van der Waals surface area contributed by atoms with Gasteiger partial charge in [-0.25, -0.2) is 0 Å². The Morgan fingerprint density at radius 1 is 0.897 bits per heavy atom. The van der Waals surface area contributed by atoms with Crippen LogP contribution in [0.15, 0.2) is 48.5 Å². The molecule has 5 heteroatoms. The second-order valence-corrected chi connectivity index (χ2v) is 8.72. The first kappa shape index (κ1) is 22.5. The summed E-state index contributed by atoms with van der Waals surface area (Å²) in [5.74, 6) is 0.143. The third-order valence-electron chi connectivity index (χ3n) is 5.02. The molecule has 0 atom stereocenters. The summed E-state index contributed by atoms with van der Waals surface area (Å²) in [6, 6.07) is 15.4. The minimum Gasteiger partial charge on any atom is -0.496 e. The highest BCUT2D eigenvalue weighted by Gasteiger charge is 2.35. The predicted molar refractivity (Wildman–Crippen MR) is 117 cm³/mol. The minimum atomic E-state index is -1.19. The highest BCUT2D eigenvalue weighted by atomic mass is 16.5. The molecule has 5 nitrogen and oxygen atoms in total. The third kappa shape index (κ3) is 5.83. The van der Waals surface area contributed by atoms with Crippen LogP contribution in [0.2, 0.25) is 0 Å². The fourth-order valence-corrected chi connectivity index (χ4v) is 2.89. The second kappa shape index (κ2) is 9.12. The summed E-state index contributed by atoms with van der Waals surface area (Å²) in [6.45, 7) is 10.1. The molecule has 0 saturated heterocycles. The zero-order valence-corrected chi connectivity index (χ0v) is 18.3. The van der Waals surface area contributed by atoms with Crippen LogP contribution in [0.25, 0.3) is 0 Å². The number of rotatable bonds is 7. The van der Waals surface area contributed by atoms with Gasteiger partial charge in [-0.15, -0.1) is 0 Å². The van der Waals surface area contributed by atoms with Gasteiger partial charge in [0.2, 0.25) is 11.8 Å². The van der Waals surface area contributed by atoms with E-state index in [-0.39, 0.29) is 17.2 Å². The number of benzene rings is 2. The number of hydrogen-bond acceptors (Lipinski definition) is 3. The van der Waals surface area contributed by atoms with Crippen molar-refractivity contribution >= 4 is 17.5 Å². The number of nitrogens with one attached hydrogen (secondary N) is 2. The van der Waals surface area contributed by atoms with E-state index in [2.05, 4.69) is 31.4 Å². The molecule has 2 aromatic rings. The molecule has 2 rings (SSSR count). The average Bonchev–Trinajstić information content (AvgIpc) is 2.67. The molecule has 0 radical (unpaired) electrons. The number of hydrogen-bond donors (Lipinski definition) is 2. The first-order valence-electron chi connectivity index (χ1n) is 9.88. The lowest BCUT2D eigenvalue weighted by atomic mass is 9.87. The fraction of sp³-hybridized carbons (Fsp3) is 0.417. The fourth-order valence-electron chi connectivity index (χ4n) is 2.89. The van der Waals surface area contributed by atoms with Crippen molar-refractivity contribution in [2.75, 3.05) is 19.0 Å². The quantitative estimate of drug-likeness (QED) is 0.685. The van der Waals surface area contributed by atoms with E-state index in [4.69, 9.17) is 4.74 Å². The predicted octanol–water partition coefficient (Wildman–Crippen LogP) is 4.32. The zero-order chi connectivity index (χ0) is 21.7. The average molecular weight is 397 g/mol. The molecule has 0 unspecified atom stereocenters. The number of methoxy groups -OCH3 is 1. The molecule has 0 fully saturated rings. The van der Waals surface area contributed by atoms with Crippen molar-refractivity contribution < 1.29 is 14.3 Å². The van der Waals surface area contributed by atoms with Crippen LogP contribution in [0.5, 0.6) is 5.75 Å². The molecule has 29 heavy (non-hydrogen) atoms. The van der Waals surface area contributed by atoms with Crippen LogP contribution >= 0.6 is 0 Å². The lowest BCUT2D eigenvalue weighted by molar-refractivity contribution is -0.138. The summed E-state index contributed by atoms with van der Waals surface area (Å²) in [4.78, 5) is 25.3. The Morgan fingerprint density at radius 3 is 2.10 bits per heavy atom. The van der Waals surface area contributed by atoms with Crippen LogP contribution in [0, 0.1) is 5.41 Å². The monoisotopic (exact) mass is 396 g/mol. The van der Waals surface area contributed by atoms with Crippen LogP contribution in [-0.4, -0.2) is 25.5 Å². The summed E-state index contributed by atoms with van der Waals surface area (Å²) in [6.07, 6.45) is 0.627. The van der Waals surface area contributed by atoms with Crippen molar-refractivity contribution in [3.05, 3.63) is 59.7 Å². The van der Waals surface area contributed by atoms with Gasteiger partial charge in [-0.2, -0.15) is 0 Å². The Kier molecular flexibility index (Phi) is 7.07. The van der Waals surface area contributed by atoms with E-state index in [1.54, 1.807) is 21.0 Å². The molecular formula is C24H32N2O3. The van der Waals surface area contributed by atoms with Gasteiger partial charge in [-0.1, -0.05) is 51.1 Å². The normalized spacial score (nSPS) is 11.7. The van der Waals surface area contributed by atoms with E-state index in [0.29, 0.717) is 18.7 Å². The van der Waals surface area contributed by atoms with Crippen LogP contribution < -0.4 is 15.4 Å². The van der Waals surface area contributed by atoms with Crippen LogP contribution in [0.3, 0.4) is 0 Å². The van der Waals surface area contributed by atoms with Crippen molar-refractivity contribution in [3.63, 3.8) is 0 Å². The molecular weight excluding hydrogens is 364 g/mol. The maximum Gasteiger partial charge on any atom is 0.239 e. The molecule has 156 valence electrons. The Bertz CT molecular complexity index is 849. The topological polar surface area (TPSA) is 67.4 Å². The second-order valence-electron chi connectivity index (χ2n) is 8.72. The number of carbonyl (C=O) groups excluding carboxylic acids is 2. The van der Waals surface area contributed by atoms with Crippen molar-refractivity contribution in [1.82, 2.24) is 5.32 Å². The molecule has 0 aliphatic rings. The van der Waals surface area contributed by atoms with Gasteiger partial charge in [0, 0.05) is 12.2 Å². The van der Waals surface area contributed by atoms with Gasteiger partial charge < -0.3 is 15.4 Å². The van der Waals surface area contributed by atoms with E-state index in [0.717, 1.165) is 11.3 Å². The van der Waals surface area contributed by atoms with Gasteiger partial charge in [0.1, 0.15) is 11.2 Å². The maximum absolute atomic E-state index is 12.7. The standard InChI is InChI=1S/C24H32N2O3/c1-23(2,3)18-11-13-19(14-12-18)26-22(28)24(4,5)21(27)25-16-15-17-9-7-8-10-20(17)29-6/h7-14H,15-16H2,1-6H3,(H,25,27)(H,26,28). The van der Waals surface area contributed by atoms with E-state index >= 15 is 0 Å². The van der Waals surface area contributed by atoms with Gasteiger partial charge in [0.15, 0.2) is 0 Å². The van der Waals surface area contributed by atoms with Crippen LogP contribution in [0.1, 0.15) is 45.7 Å². The van der Waals surface area contributed by atoms with E-state index < -0.39 is 5.41 Å². The Labute approximate surface area is 173 Å². The summed E-state index contributed by atoms with van der Waals surface area (Å²) < 4.78 is 5.33. The summed E-state index contributed by atoms with van der Waals surface area (Å²) in [5, 5.41) is 5.71. The van der Waals surface area contributed by atoms with Crippen molar-refractivity contribution in [2.45, 2.75) is 46.5 Å². The number of anilines is 1. The summed E-state index contributed by atoms with van der Waals surface area (Å²) >= 11 is 0. The molecule has 2 aromatic carbocycles. The number of para-hydroxylation sites is 1. The third-order valence-corrected chi connectivity index (χ3v) is 5.02. The molecule has 0 aromatic heterocycles. The first-order valence-corrected chi connectivity index (χ1v) is 9.88. The zero-order valence-electron chi connectivity index (χ0n) is 18.3. The van der Waals surface area contributed by atoms with Crippen LogP contribution in [-0.2, 0) is 21.4 Å². The van der Waals surface area contributed by atoms with E-state index in [1.807, 2.05) is 48.5 Å². The Morgan fingerprint density at radius 2 is 1.52 bits per heavy atom. The van der Waals surface area contributed by atoms with Gasteiger partial charge in [-0.3, -0.25) is 9.59 Å². The van der Waals surface area contributed by atoms with Crippen LogP contribution in [0.4, 0.5) is 5.69 Å². The van der Waals surface area contributed by atoms with Gasteiger partial charge in [-0.05, 0) is 55.0 Å². The molecule has 0 saturated carbocycles. The molecule has 0 aliphatic carbocycles. The van der Waals surface area contributed by atoms with E-state index in [9.17, 15) is 9.59 Å². The van der Waals surface area contributed by atoms with Gasteiger partial charge in [0.25, 0.3) is 0 Å². The molecule has 0 heterocycles. The smallest absolute Gasteiger partial charge is 0.239 e. The minimum absolute atomic E-state index is 0.0448. The Hall–Kier alpha value is -2.82. The molecule has 0 spiro atoms.